The molecule has 1 saturated heterocycles. The first-order chi connectivity index (χ1) is 10.2. The number of hydrogen-bond acceptors (Lipinski definition) is 5. The number of aromatic nitrogens is 5. The van der Waals surface area contributed by atoms with Crippen molar-refractivity contribution in [3.63, 3.8) is 0 Å². The van der Waals surface area contributed by atoms with Crippen molar-refractivity contribution in [3.05, 3.63) is 29.6 Å². The van der Waals surface area contributed by atoms with Crippen LogP contribution in [0, 0.1) is 12.8 Å². The number of nitrogens with one attached hydrogen (secondary N) is 1. The summed E-state index contributed by atoms with van der Waals surface area (Å²) >= 11 is 0. The van der Waals surface area contributed by atoms with Gasteiger partial charge in [0.15, 0.2) is 0 Å². The molecule has 3 rings (SSSR count). The fraction of sp³-hybridized carbons (Fsp3) is 0.643. The Morgan fingerprint density at radius 2 is 2.38 bits per heavy atom. The average molecular weight is 290 g/mol. The van der Waals surface area contributed by atoms with Crippen molar-refractivity contribution in [2.24, 2.45) is 5.92 Å². The molecule has 21 heavy (non-hydrogen) atoms. The van der Waals surface area contributed by atoms with Crippen molar-refractivity contribution in [3.8, 4) is 0 Å². The van der Waals surface area contributed by atoms with Crippen LogP contribution in [0.2, 0.25) is 0 Å². The first-order valence-electron chi connectivity index (χ1n) is 7.45. The molecule has 1 aliphatic rings. The summed E-state index contributed by atoms with van der Waals surface area (Å²) < 4.78 is 1.84. The Labute approximate surface area is 124 Å². The second-order valence-corrected chi connectivity index (χ2v) is 5.85. The first-order valence-corrected chi connectivity index (χ1v) is 7.45. The minimum atomic E-state index is -0.0470. The Bertz CT molecular complexity index is 578. The van der Waals surface area contributed by atoms with Gasteiger partial charge in [0.2, 0.25) is 0 Å². The molecule has 0 bridgehead atoms. The van der Waals surface area contributed by atoms with Crippen LogP contribution in [0.25, 0.3) is 0 Å². The largest absolute Gasteiger partial charge is 0.390 e. The SMILES string of the molecule is Cc1cnc(CN2CCC[C@H](Cn3cc(CO)nn3)C2)[nH]1. The molecule has 3 heterocycles. The summed E-state index contributed by atoms with van der Waals surface area (Å²) in [7, 11) is 0. The van der Waals surface area contributed by atoms with E-state index in [4.69, 9.17) is 5.11 Å². The van der Waals surface area contributed by atoms with E-state index in [1.54, 1.807) is 0 Å². The Kier molecular flexibility index (Phi) is 4.31. The van der Waals surface area contributed by atoms with Crippen LogP contribution in [0.4, 0.5) is 0 Å². The molecule has 0 aliphatic carbocycles. The molecule has 114 valence electrons. The van der Waals surface area contributed by atoms with E-state index >= 15 is 0 Å². The Hall–Kier alpha value is -1.73. The van der Waals surface area contributed by atoms with Gasteiger partial charge in [0.1, 0.15) is 11.5 Å². The summed E-state index contributed by atoms with van der Waals surface area (Å²) in [6.45, 7) is 5.89. The lowest BCUT2D eigenvalue weighted by atomic mass is 9.98. The standard InChI is InChI=1S/C14H22N6O/c1-11-5-15-14(16-11)9-19-4-2-3-12(6-19)7-20-8-13(10-21)17-18-20/h5,8,12,21H,2-4,6-7,9-10H2,1H3,(H,15,16)/t12-/m0/s1. The monoisotopic (exact) mass is 290 g/mol. The van der Waals surface area contributed by atoms with Crippen LogP contribution in [-0.2, 0) is 19.7 Å². The van der Waals surface area contributed by atoms with Crippen molar-refractivity contribution in [2.45, 2.75) is 39.5 Å². The number of likely N-dealkylation sites (tertiary alicyclic amines) is 1. The van der Waals surface area contributed by atoms with E-state index in [9.17, 15) is 0 Å². The molecule has 0 aromatic carbocycles. The number of aliphatic hydroxyl groups is 1. The van der Waals surface area contributed by atoms with E-state index in [0.29, 0.717) is 11.6 Å². The Morgan fingerprint density at radius 1 is 1.48 bits per heavy atom. The zero-order chi connectivity index (χ0) is 14.7. The number of H-pyrrole nitrogens is 1. The maximum absolute atomic E-state index is 9.03. The van der Waals surface area contributed by atoms with Crippen LogP contribution in [-0.4, -0.2) is 48.1 Å². The highest BCUT2D eigenvalue weighted by Gasteiger charge is 2.21. The van der Waals surface area contributed by atoms with Gasteiger partial charge in [-0.15, -0.1) is 5.10 Å². The minimum absolute atomic E-state index is 0.0470. The van der Waals surface area contributed by atoms with Crippen molar-refractivity contribution >= 4 is 0 Å². The Balaban J connectivity index is 1.55. The highest BCUT2D eigenvalue weighted by molar-refractivity contribution is 4.98. The lowest BCUT2D eigenvalue weighted by Crippen LogP contribution is -2.36. The number of nitrogens with zero attached hydrogens (tertiary/aromatic N) is 5. The molecular formula is C14H22N6O. The van der Waals surface area contributed by atoms with E-state index in [0.717, 1.165) is 37.7 Å². The third-order valence-electron chi connectivity index (χ3n) is 3.93. The second kappa shape index (κ2) is 6.36. The van der Waals surface area contributed by atoms with E-state index in [1.165, 1.54) is 12.8 Å². The van der Waals surface area contributed by atoms with Crippen molar-refractivity contribution in [1.82, 2.24) is 29.9 Å². The molecule has 2 N–H and O–H groups in total. The lowest BCUT2D eigenvalue weighted by molar-refractivity contribution is 0.150. The number of imidazole rings is 1. The molecule has 2 aromatic heterocycles. The zero-order valence-corrected chi connectivity index (χ0v) is 12.4. The summed E-state index contributed by atoms with van der Waals surface area (Å²) in [4.78, 5) is 10.1. The van der Waals surface area contributed by atoms with Gasteiger partial charge in [-0.25, -0.2) is 4.98 Å². The molecule has 0 unspecified atom stereocenters. The first kappa shape index (κ1) is 14.2. The van der Waals surface area contributed by atoms with Crippen LogP contribution in [0.5, 0.6) is 0 Å². The molecule has 0 spiro atoms. The van der Waals surface area contributed by atoms with E-state index in [2.05, 4.69) is 25.2 Å². The fourth-order valence-corrected chi connectivity index (χ4v) is 2.97. The maximum Gasteiger partial charge on any atom is 0.120 e. The number of rotatable bonds is 5. The van der Waals surface area contributed by atoms with Gasteiger partial charge < -0.3 is 10.1 Å². The van der Waals surface area contributed by atoms with Gasteiger partial charge >= 0.3 is 0 Å². The van der Waals surface area contributed by atoms with Crippen molar-refractivity contribution in [1.29, 1.82) is 0 Å². The van der Waals surface area contributed by atoms with E-state index < -0.39 is 0 Å². The number of aliphatic hydroxyl groups excluding tert-OH is 1. The normalized spacial score (nSPS) is 20.0. The van der Waals surface area contributed by atoms with Crippen LogP contribution < -0.4 is 0 Å². The summed E-state index contributed by atoms with van der Waals surface area (Å²) in [5.74, 6) is 1.61. The highest BCUT2D eigenvalue weighted by Crippen LogP contribution is 2.19. The number of piperidine rings is 1. The number of hydrogen-bond donors (Lipinski definition) is 2. The summed E-state index contributed by atoms with van der Waals surface area (Å²) in [5.41, 5.74) is 1.74. The topological polar surface area (TPSA) is 82.9 Å². The molecule has 1 atom stereocenters. The van der Waals surface area contributed by atoms with Crippen LogP contribution in [0.3, 0.4) is 0 Å². The van der Waals surface area contributed by atoms with Crippen molar-refractivity contribution < 1.29 is 5.11 Å². The van der Waals surface area contributed by atoms with E-state index in [1.807, 2.05) is 24.0 Å². The van der Waals surface area contributed by atoms with Gasteiger partial charge in [-0.3, -0.25) is 9.58 Å². The summed E-state index contributed by atoms with van der Waals surface area (Å²) in [5, 5.41) is 17.0. The Morgan fingerprint density at radius 3 is 3.10 bits per heavy atom. The third-order valence-corrected chi connectivity index (χ3v) is 3.93. The molecule has 0 saturated carbocycles. The van der Waals surface area contributed by atoms with Gasteiger partial charge in [-0.05, 0) is 32.2 Å². The molecule has 1 aliphatic heterocycles. The summed E-state index contributed by atoms with van der Waals surface area (Å²) in [6, 6.07) is 0. The third kappa shape index (κ3) is 3.68. The van der Waals surface area contributed by atoms with E-state index in [-0.39, 0.29) is 6.61 Å². The smallest absolute Gasteiger partial charge is 0.120 e. The van der Waals surface area contributed by atoms with Crippen LogP contribution in [0.1, 0.15) is 30.1 Å². The van der Waals surface area contributed by atoms with Gasteiger partial charge in [-0.1, -0.05) is 5.21 Å². The minimum Gasteiger partial charge on any atom is -0.390 e. The zero-order valence-electron chi connectivity index (χ0n) is 12.4. The molecular weight excluding hydrogens is 268 g/mol. The molecule has 2 aromatic rings. The van der Waals surface area contributed by atoms with Gasteiger partial charge in [0, 0.05) is 25.0 Å². The van der Waals surface area contributed by atoms with Gasteiger partial charge in [0.05, 0.1) is 19.3 Å². The average Bonchev–Trinajstić information content (AvgIpc) is 3.08. The molecule has 0 radical (unpaired) electrons. The van der Waals surface area contributed by atoms with Crippen LogP contribution in [0.15, 0.2) is 12.4 Å². The molecule has 0 amide bonds. The summed E-state index contributed by atoms with van der Waals surface area (Å²) in [6.07, 6.45) is 6.12. The molecule has 1 fully saturated rings. The number of aryl methyl sites for hydroxylation is 1. The van der Waals surface area contributed by atoms with Crippen LogP contribution >= 0.6 is 0 Å². The molecule has 7 heteroatoms. The predicted octanol–water partition coefficient (Wildman–Crippen LogP) is 0.714. The lowest BCUT2D eigenvalue weighted by Gasteiger charge is -2.31. The maximum atomic E-state index is 9.03. The highest BCUT2D eigenvalue weighted by atomic mass is 16.3. The van der Waals surface area contributed by atoms with Crippen molar-refractivity contribution in [2.75, 3.05) is 13.1 Å². The number of aromatic amines is 1. The fourth-order valence-electron chi connectivity index (χ4n) is 2.97. The van der Waals surface area contributed by atoms with Gasteiger partial charge in [-0.2, -0.15) is 0 Å². The quantitative estimate of drug-likeness (QED) is 0.847. The predicted molar refractivity (Wildman–Crippen MR) is 77.3 cm³/mol. The second-order valence-electron chi connectivity index (χ2n) is 5.85. The van der Waals surface area contributed by atoms with Gasteiger partial charge in [0.25, 0.3) is 0 Å². The molecule has 7 nitrogen and oxygen atoms in total.